The topological polar surface area (TPSA) is 90.2 Å². The van der Waals surface area contributed by atoms with Crippen LogP contribution in [0.15, 0.2) is 29.0 Å². The summed E-state index contributed by atoms with van der Waals surface area (Å²) < 4.78 is 19.0. The highest BCUT2D eigenvalue weighted by molar-refractivity contribution is 9.10. The Morgan fingerprint density at radius 2 is 2.15 bits per heavy atom. The monoisotopic (exact) mass is 342 g/mol. The minimum atomic E-state index is -0.671. The van der Waals surface area contributed by atoms with Gasteiger partial charge >= 0.3 is 11.6 Å². The number of nitrogens with zero attached hydrogens (tertiary/aromatic N) is 3. The number of hydrogen-bond acceptors (Lipinski definition) is 6. The Balaban J connectivity index is 2.45. The van der Waals surface area contributed by atoms with E-state index in [2.05, 4.69) is 31.2 Å². The lowest BCUT2D eigenvalue weighted by Crippen LogP contribution is -2.03. The van der Waals surface area contributed by atoms with Crippen molar-refractivity contribution in [2.75, 3.05) is 12.4 Å². The summed E-state index contributed by atoms with van der Waals surface area (Å²) in [5, 5.41) is 13.6. The Kier molecular flexibility index (Phi) is 4.08. The Hall–Kier alpha value is -2.29. The average molecular weight is 343 g/mol. The largest absolute Gasteiger partial charge is 0.433 e. The zero-order valence-electron chi connectivity index (χ0n) is 10.1. The lowest BCUT2D eigenvalue weighted by atomic mass is 10.3. The van der Waals surface area contributed by atoms with Crippen LogP contribution in [0.3, 0.4) is 0 Å². The number of ether oxygens (including phenoxy) is 1. The van der Waals surface area contributed by atoms with Crippen LogP contribution in [0.5, 0.6) is 11.6 Å². The van der Waals surface area contributed by atoms with Crippen LogP contribution in [-0.2, 0) is 0 Å². The number of nitrogens with one attached hydrogen (secondary N) is 1. The number of anilines is 1. The van der Waals surface area contributed by atoms with Gasteiger partial charge in [0.1, 0.15) is 17.9 Å². The fraction of sp³-hybridized carbons (Fsp3) is 0.0909. The quantitative estimate of drug-likeness (QED) is 0.678. The summed E-state index contributed by atoms with van der Waals surface area (Å²) in [6.07, 6.45) is 1.11. The summed E-state index contributed by atoms with van der Waals surface area (Å²) in [5.74, 6) is -0.719. The van der Waals surface area contributed by atoms with Crippen LogP contribution >= 0.6 is 15.9 Å². The molecular weight excluding hydrogens is 335 g/mol. The molecular formula is C11H8BrFN4O3. The molecule has 0 unspecified atom stereocenters. The van der Waals surface area contributed by atoms with Crippen molar-refractivity contribution < 1.29 is 14.1 Å². The number of rotatable bonds is 4. The van der Waals surface area contributed by atoms with Crippen molar-refractivity contribution in [1.29, 1.82) is 0 Å². The molecule has 1 aromatic heterocycles. The fourth-order valence-electron chi connectivity index (χ4n) is 1.48. The number of halogens is 2. The predicted molar refractivity (Wildman–Crippen MR) is 72.4 cm³/mol. The molecule has 2 aromatic rings. The first-order valence-corrected chi connectivity index (χ1v) is 6.11. The molecule has 0 fully saturated rings. The van der Waals surface area contributed by atoms with Crippen molar-refractivity contribution in [3.63, 3.8) is 0 Å². The van der Waals surface area contributed by atoms with E-state index in [1.165, 1.54) is 19.2 Å². The van der Waals surface area contributed by atoms with Gasteiger partial charge in [-0.2, -0.15) is 4.98 Å². The lowest BCUT2D eigenvalue weighted by molar-refractivity contribution is -0.385. The molecule has 0 radical (unpaired) electrons. The number of aromatic nitrogens is 2. The van der Waals surface area contributed by atoms with Gasteiger partial charge in [0.2, 0.25) is 5.82 Å². The van der Waals surface area contributed by atoms with Crippen molar-refractivity contribution in [2.45, 2.75) is 0 Å². The predicted octanol–water partition coefficient (Wildman–Crippen LogP) is 3.12. The summed E-state index contributed by atoms with van der Waals surface area (Å²) in [6, 6.07) is 3.80. The normalized spacial score (nSPS) is 10.2. The lowest BCUT2D eigenvalue weighted by Gasteiger charge is -2.07. The molecule has 104 valence electrons. The summed E-state index contributed by atoms with van der Waals surface area (Å²) in [5.41, 5.74) is -0.421. The fourth-order valence-corrected chi connectivity index (χ4v) is 1.93. The van der Waals surface area contributed by atoms with Gasteiger partial charge < -0.3 is 10.1 Å². The first-order chi connectivity index (χ1) is 9.51. The van der Waals surface area contributed by atoms with Crippen LogP contribution in [0.25, 0.3) is 0 Å². The highest BCUT2D eigenvalue weighted by Gasteiger charge is 2.24. The zero-order valence-corrected chi connectivity index (χ0v) is 11.7. The molecule has 0 aliphatic heterocycles. The Labute approximate surface area is 121 Å². The van der Waals surface area contributed by atoms with Crippen LogP contribution in [0.4, 0.5) is 15.9 Å². The van der Waals surface area contributed by atoms with Crippen molar-refractivity contribution in [3.05, 3.63) is 44.9 Å². The van der Waals surface area contributed by atoms with Crippen molar-refractivity contribution in [2.24, 2.45) is 0 Å². The second-order valence-corrected chi connectivity index (χ2v) is 4.51. The molecule has 2 rings (SSSR count). The third-order valence-corrected chi connectivity index (χ3v) is 2.72. The molecule has 0 saturated heterocycles. The number of nitro groups is 1. The molecule has 0 aliphatic rings. The summed E-state index contributed by atoms with van der Waals surface area (Å²) in [4.78, 5) is 17.8. The van der Waals surface area contributed by atoms with Crippen LogP contribution in [-0.4, -0.2) is 21.9 Å². The summed E-state index contributed by atoms with van der Waals surface area (Å²) in [6.45, 7) is 0. The van der Waals surface area contributed by atoms with Gasteiger partial charge in [0.15, 0.2) is 0 Å². The highest BCUT2D eigenvalue weighted by atomic mass is 79.9. The maximum absolute atomic E-state index is 13.2. The van der Waals surface area contributed by atoms with Gasteiger partial charge in [-0.1, -0.05) is 15.9 Å². The van der Waals surface area contributed by atoms with E-state index < -0.39 is 16.4 Å². The van der Waals surface area contributed by atoms with E-state index in [-0.39, 0.29) is 17.4 Å². The first-order valence-electron chi connectivity index (χ1n) is 5.32. The van der Waals surface area contributed by atoms with Crippen LogP contribution in [0, 0.1) is 15.9 Å². The molecule has 9 heteroatoms. The zero-order chi connectivity index (χ0) is 14.7. The third kappa shape index (κ3) is 2.99. The van der Waals surface area contributed by atoms with Gasteiger partial charge in [-0.05, 0) is 12.1 Å². The van der Waals surface area contributed by atoms with Gasteiger partial charge in [0.05, 0.1) is 4.92 Å². The van der Waals surface area contributed by atoms with Crippen molar-refractivity contribution >= 4 is 27.4 Å². The van der Waals surface area contributed by atoms with Crippen LogP contribution in [0.1, 0.15) is 0 Å². The highest BCUT2D eigenvalue weighted by Crippen LogP contribution is 2.34. The SMILES string of the molecule is CNc1ncnc(Oc2cc(F)cc(Br)c2)c1[N+](=O)[O-]. The first kappa shape index (κ1) is 14.1. The second-order valence-electron chi connectivity index (χ2n) is 3.59. The van der Waals surface area contributed by atoms with E-state index in [4.69, 9.17) is 4.74 Å². The molecule has 7 nitrogen and oxygen atoms in total. The van der Waals surface area contributed by atoms with Gasteiger partial charge in [-0.25, -0.2) is 9.37 Å². The molecule has 0 amide bonds. The smallest absolute Gasteiger partial charge is 0.373 e. The van der Waals surface area contributed by atoms with E-state index in [0.717, 1.165) is 12.4 Å². The second kappa shape index (κ2) is 5.78. The van der Waals surface area contributed by atoms with Gasteiger partial charge in [0.25, 0.3) is 0 Å². The van der Waals surface area contributed by atoms with E-state index >= 15 is 0 Å². The average Bonchev–Trinajstić information content (AvgIpc) is 2.36. The molecule has 0 spiro atoms. The molecule has 0 saturated carbocycles. The minimum Gasteiger partial charge on any atom is -0.433 e. The van der Waals surface area contributed by atoms with E-state index in [9.17, 15) is 14.5 Å². The van der Waals surface area contributed by atoms with E-state index in [1.54, 1.807) is 0 Å². The molecule has 0 atom stereocenters. The van der Waals surface area contributed by atoms with E-state index in [0.29, 0.717) is 4.47 Å². The molecule has 1 aromatic carbocycles. The maximum Gasteiger partial charge on any atom is 0.373 e. The maximum atomic E-state index is 13.2. The Morgan fingerprint density at radius 1 is 1.40 bits per heavy atom. The standard InChI is InChI=1S/C11H8BrFN4O3/c1-14-10-9(17(18)19)11(16-5-15-10)20-8-3-6(12)2-7(13)4-8/h2-5H,1H3,(H,14,15,16). The van der Waals surface area contributed by atoms with Crippen molar-refractivity contribution in [1.82, 2.24) is 9.97 Å². The minimum absolute atomic E-state index is 0.00969. The van der Waals surface area contributed by atoms with Crippen LogP contribution < -0.4 is 10.1 Å². The van der Waals surface area contributed by atoms with E-state index in [1.807, 2.05) is 0 Å². The number of hydrogen-bond donors (Lipinski definition) is 1. The Morgan fingerprint density at radius 3 is 2.75 bits per heavy atom. The number of benzene rings is 1. The molecule has 0 bridgehead atoms. The van der Waals surface area contributed by atoms with Gasteiger partial charge in [-0.3, -0.25) is 10.1 Å². The van der Waals surface area contributed by atoms with Crippen molar-refractivity contribution in [3.8, 4) is 11.6 Å². The molecule has 1 N–H and O–H groups in total. The summed E-state index contributed by atoms with van der Waals surface area (Å²) in [7, 11) is 1.48. The molecule has 1 heterocycles. The molecule has 20 heavy (non-hydrogen) atoms. The van der Waals surface area contributed by atoms with Crippen LogP contribution in [0.2, 0.25) is 0 Å². The summed E-state index contributed by atoms with van der Waals surface area (Å²) >= 11 is 3.10. The van der Waals surface area contributed by atoms with Gasteiger partial charge in [0, 0.05) is 17.6 Å². The van der Waals surface area contributed by atoms with Gasteiger partial charge in [-0.15, -0.1) is 0 Å². The third-order valence-electron chi connectivity index (χ3n) is 2.26. The molecule has 0 aliphatic carbocycles. The Bertz CT molecular complexity index is 648.